The van der Waals surface area contributed by atoms with E-state index in [1.807, 2.05) is 30.3 Å². The van der Waals surface area contributed by atoms with Crippen LogP contribution < -0.4 is 15.0 Å². The first-order valence-corrected chi connectivity index (χ1v) is 9.44. The number of hydrogen-bond donors (Lipinski definition) is 0. The van der Waals surface area contributed by atoms with Crippen LogP contribution in [0, 0.1) is 0 Å². The molecule has 5 rings (SSSR count). The third kappa shape index (κ3) is 3.07. The minimum atomic E-state index is -0.486. The van der Waals surface area contributed by atoms with Crippen molar-refractivity contribution in [3.05, 3.63) is 64.8 Å². The van der Waals surface area contributed by atoms with Gasteiger partial charge in [0.15, 0.2) is 11.5 Å². The van der Waals surface area contributed by atoms with Crippen molar-refractivity contribution in [2.24, 2.45) is 0 Å². The van der Waals surface area contributed by atoms with Crippen molar-refractivity contribution in [1.29, 1.82) is 0 Å². The summed E-state index contributed by atoms with van der Waals surface area (Å²) in [6.45, 7) is 0.277. The number of rotatable bonds is 4. The van der Waals surface area contributed by atoms with Gasteiger partial charge in [0.25, 0.3) is 16.7 Å². The Labute approximate surface area is 162 Å². The Hall–Kier alpha value is -3.40. The van der Waals surface area contributed by atoms with E-state index in [1.54, 1.807) is 18.2 Å². The Morgan fingerprint density at radius 1 is 1.04 bits per heavy atom. The van der Waals surface area contributed by atoms with E-state index in [4.69, 9.17) is 13.9 Å². The fourth-order valence-corrected chi connectivity index (χ4v) is 3.42. The first-order chi connectivity index (χ1) is 13.8. The second-order valence-corrected chi connectivity index (χ2v) is 6.85. The van der Waals surface area contributed by atoms with E-state index < -0.39 is 6.10 Å². The van der Waals surface area contributed by atoms with Gasteiger partial charge in [0.1, 0.15) is 18.0 Å². The lowest BCUT2D eigenvalue weighted by Crippen LogP contribution is -2.23. The predicted molar refractivity (Wildman–Crippen MR) is 99.3 cm³/mol. The van der Waals surface area contributed by atoms with Crippen molar-refractivity contribution in [2.45, 2.75) is 17.2 Å². The number of para-hydroxylation sites is 2. The van der Waals surface area contributed by atoms with Gasteiger partial charge in [0, 0.05) is 0 Å². The van der Waals surface area contributed by atoms with Crippen LogP contribution in [0.5, 0.6) is 11.5 Å². The van der Waals surface area contributed by atoms with Gasteiger partial charge in [-0.2, -0.15) is 4.68 Å². The molecule has 2 aromatic carbocycles. The third-order valence-corrected chi connectivity index (χ3v) is 4.93. The van der Waals surface area contributed by atoms with Gasteiger partial charge in [-0.05, 0) is 36.0 Å². The molecule has 0 bridgehead atoms. The number of aromatic nitrogens is 5. The van der Waals surface area contributed by atoms with Crippen molar-refractivity contribution >= 4 is 22.7 Å². The topological polar surface area (TPSA) is 105 Å². The molecule has 0 N–H and O–H groups in total. The average molecular weight is 395 g/mol. The van der Waals surface area contributed by atoms with Gasteiger partial charge >= 0.3 is 0 Å². The minimum Gasteiger partial charge on any atom is -0.485 e. The zero-order chi connectivity index (χ0) is 18.9. The zero-order valence-corrected chi connectivity index (χ0v) is 15.2. The highest BCUT2D eigenvalue weighted by molar-refractivity contribution is 7.98. The molecule has 0 aliphatic carbocycles. The van der Waals surface area contributed by atoms with Crippen molar-refractivity contribution in [2.75, 3.05) is 6.61 Å². The molecule has 0 saturated carbocycles. The largest absolute Gasteiger partial charge is 0.485 e. The summed E-state index contributed by atoms with van der Waals surface area (Å²) in [5.41, 5.74) is 0.335. The Kier molecular flexibility index (Phi) is 4.17. The molecule has 0 spiro atoms. The molecule has 3 heterocycles. The van der Waals surface area contributed by atoms with Crippen molar-refractivity contribution in [3.63, 3.8) is 0 Å². The smallest absolute Gasteiger partial charge is 0.278 e. The Balaban J connectivity index is 1.30. The van der Waals surface area contributed by atoms with Crippen LogP contribution in [0.2, 0.25) is 0 Å². The molecule has 1 atom stereocenters. The molecule has 28 heavy (non-hydrogen) atoms. The molecule has 0 unspecified atom stereocenters. The molecule has 0 saturated heterocycles. The van der Waals surface area contributed by atoms with Crippen molar-refractivity contribution < 1.29 is 13.9 Å². The van der Waals surface area contributed by atoms with Gasteiger partial charge in [-0.25, -0.2) is 0 Å². The van der Waals surface area contributed by atoms with E-state index >= 15 is 0 Å². The van der Waals surface area contributed by atoms with Crippen LogP contribution in [-0.4, -0.2) is 31.8 Å². The summed E-state index contributed by atoms with van der Waals surface area (Å²) in [4.78, 5) is 12.5. The first-order valence-electron chi connectivity index (χ1n) is 8.45. The fraction of sp³-hybridized carbons (Fsp3) is 0.167. The standard InChI is InChI=1S/C18H13N5O4S/c24-17-11-5-1-2-6-12(11)19-22-23(17)10-28-18-21-20-16(27-18)15-9-25-13-7-3-4-8-14(13)26-15/h1-8,15H,9-10H2/t15-/m0/s1. The molecule has 140 valence electrons. The van der Waals surface area contributed by atoms with Crippen LogP contribution >= 0.6 is 11.8 Å². The number of hydrogen-bond acceptors (Lipinski definition) is 9. The second kappa shape index (κ2) is 6.97. The maximum Gasteiger partial charge on any atom is 0.278 e. The van der Waals surface area contributed by atoms with E-state index in [0.717, 1.165) is 0 Å². The average Bonchev–Trinajstić information content (AvgIpc) is 3.22. The van der Waals surface area contributed by atoms with Crippen LogP contribution in [0.4, 0.5) is 0 Å². The summed E-state index contributed by atoms with van der Waals surface area (Å²) in [5, 5.41) is 16.8. The molecule has 0 amide bonds. The molecule has 1 aliphatic heterocycles. The minimum absolute atomic E-state index is 0.198. The Morgan fingerprint density at radius 2 is 1.86 bits per heavy atom. The number of ether oxygens (including phenoxy) is 2. The Bertz CT molecular complexity index is 1210. The van der Waals surface area contributed by atoms with Crippen LogP contribution in [0.15, 0.2) is 63.0 Å². The lowest BCUT2D eigenvalue weighted by atomic mass is 10.2. The van der Waals surface area contributed by atoms with Gasteiger partial charge in [-0.3, -0.25) is 4.79 Å². The lowest BCUT2D eigenvalue weighted by molar-refractivity contribution is 0.0686. The SMILES string of the molecule is O=c1c2ccccc2nnn1CSc1nnc([C@@H]2COc3ccccc3O2)o1. The molecule has 4 aromatic rings. The molecule has 0 fully saturated rings. The van der Waals surface area contributed by atoms with E-state index in [2.05, 4.69) is 20.5 Å². The Morgan fingerprint density at radius 3 is 2.79 bits per heavy atom. The maximum absolute atomic E-state index is 12.5. The van der Waals surface area contributed by atoms with Crippen LogP contribution in [0.25, 0.3) is 10.9 Å². The molecule has 1 aliphatic rings. The van der Waals surface area contributed by atoms with E-state index in [1.165, 1.54) is 16.4 Å². The summed E-state index contributed by atoms with van der Waals surface area (Å²) in [6.07, 6.45) is -0.486. The van der Waals surface area contributed by atoms with E-state index in [9.17, 15) is 4.79 Å². The van der Waals surface area contributed by atoms with Gasteiger partial charge < -0.3 is 13.9 Å². The van der Waals surface area contributed by atoms with Gasteiger partial charge in [0.05, 0.1) is 5.39 Å². The quantitative estimate of drug-likeness (QED) is 0.482. The number of fused-ring (bicyclic) bond motifs is 2. The summed E-state index contributed by atoms with van der Waals surface area (Å²) in [6, 6.07) is 14.5. The van der Waals surface area contributed by atoms with E-state index in [-0.39, 0.29) is 18.0 Å². The number of benzene rings is 2. The van der Waals surface area contributed by atoms with Crippen molar-refractivity contribution in [3.8, 4) is 11.5 Å². The summed E-state index contributed by atoms with van der Waals surface area (Å²) < 4.78 is 18.4. The van der Waals surface area contributed by atoms with E-state index in [0.29, 0.717) is 33.5 Å². The third-order valence-electron chi connectivity index (χ3n) is 4.15. The number of nitrogens with zero attached hydrogens (tertiary/aromatic N) is 5. The van der Waals surface area contributed by atoms with Gasteiger partial charge in [-0.1, -0.05) is 29.5 Å². The summed E-state index contributed by atoms with van der Waals surface area (Å²) in [7, 11) is 0. The van der Waals surface area contributed by atoms with Crippen LogP contribution in [-0.2, 0) is 5.88 Å². The van der Waals surface area contributed by atoms with Crippen LogP contribution in [0.3, 0.4) is 0 Å². The highest BCUT2D eigenvalue weighted by atomic mass is 32.2. The molecule has 9 nitrogen and oxygen atoms in total. The van der Waals surface area contributed by atoms with Gasteiger partial charge in [-0.15, -0.1) is 15.3 Å². The zero-order valence-electron chi connectivity index (χ0n) is 14.4. The highest BCUT2D eigenvalue weighted by Gasteiger charge is 2.27. The second-order valence-electron chi connectivity index (χ2n) is 5.96. The van der Waals surface area contributed by atoms with Gasteiger partial charge in [0.2, 0.25) is 6.10 Å². The summed E-state index contributed by atoms with van der Waals surface area (Å²) in [5.74, 6) is 1.82. The number of thioether (sulfide) groups is 1. The monoisotopic (exact) mass is 395 g/mol. The summed E-state index contributed by atoms with van der Waals surface area (Å²) >= 11 is 1.19. The molecule has 0 radical (unpaired) electrons. The predicted octanol–water partition coefficient (Wildman–Crippen LogP) is 2.44. The lowest BCUT2D eigenvalue weighted by Gasteiger charge is -2.23. The molecular formula is C18H13N5O4S. The molecule has 2 aromatic heterocycles. The van der Waals surface area contributed by atoms with Crippen molar-refractivity contribution in [1.82, 2.24) is 25.2 Å². The highest BCUT2D eigenvalue weighted by Crippen LogP contribution is 2.35. The molecular weight excluding hydrogens is 382 g/mol. The first kappa shape index (κ1) is 16.8. The molecule has 10 heteroatoms. The fourth-order valence-electron chi connectivity index (χ4n) is 2.77. The maximum atomic E-state index is 12.5. The normalized spacial score (nSPS) is 15.6. The van der Waals surface area contributed by atoms with Crippen LogP contribution in [0.1, 0.15) is 12.0 Å².